The van der Waals surface area contributed by atoms with Gasteiger partial charge in [0.2, 0.25) is 11.1 Å². The number of nitrogens with one attached hydrogen (secondary N) is 2. The Balaban J connectivity index is 1.27. The fraction of sp³-hybridized carbons (Fsp3) is 0.171. The van der Waals surface area contributed by atoms with Crippen molar-refractivity contribution in [1.82, 2.24) is 14.8 Å². The molecular formula is C35H33N5O2S. The van der Waals surface area contributed by atoms with Crippen LogP contribution in [0.4, 0.5) is 11.6 Å². The first kappa shape index (κ1) is 28.3. The predicted molar refractivity (Wildman–Crippen MR) is 172 cm³/mol. The Hall–Kier alpha value is -4.82. The van der Waals surface area contributed by atoms with E-state index in [9.17, 15) is 4.79 Å². The van der Waals surface area contributed by atoms with E-state index in [0.717, 1.165) is 40.4 Å². The SMILES string of the molecule is CC1=C(C(=O)Nc2cccc(C)c2)C(c2ccc(OCCc3ccccc3)cc2)n2nc(SCc3ccccc3)nc2N1. The normalized spacial score (nSPS) is 14.1. The van der Waals surface area contributed by atoms with Crippen LogP contribution in [0.1, 0.15) is 35.2 Å². The maximum Gasteiger partial charge on any atom is 0.255 e. The summed E-state index contributed by atoms with van der Waals surface area (Å²) in [5.74, 6) is 1.94. The zero-order valence-corrected chi connectivity index (χ0v) is 25.0. The summed E-state index contributed by atoms with van der Waals surface area (Å²) in [5, 5.41) is 11.9. The second-order valence-corrected chi connectivity index (χ2v) is 11.4. The minimum Gasteiger partial charge on any atom is -0.493 e. The monoisotopic (exact) mass is 587 g/mol. The van der Waals surface area contributed by atoms with Gasteiger partial charge in [-0.15, -0.1) is 5.10 Å². The van der Waals surface area contributed by atoms with Crippen molar-refractivity contribution >= 4 is 29.3 Å². The van der Waals surface area contributed by atoms with Gasteiger partial charge >= 0.3 is 0 Å². The second kappa shape index (κ2) is 13.0. The highest BCUT2D eigenvalue weighted by atomic mass is 32.2. The lowest BCUT2D eigenvalue weighted by molar-refractivity contribution is -0.113. The first-order valence-corrected chi connectivity index (χ1v) is 15.3. The molecule has 1 unspecified atom stereocenters. The fourth-order valence-electron chi connectivity index (χ4n) is 5.12. The van der Waals surface area contributed by atoms with Gasteiger partial charge in [0, 0.05) is 23.6 Å². The molecule has 1 aromatic heterocycles. The van der Waals surface area contributed by atoms with Gasteiger partial charge in [0.05, 0.1) is 12.2 Å². The van der Waals surface area contributed by atoms with Crippen molar-refractivity contribution in [3.05, 3.63) is 143 Å². The third-order valence-corrected chi connectivity index (χ3v) is 8.17. The molecule has 1 aliphatic heterocycles. The van der Waals surface area contributed by atoms with Crippen LogP contribution in [0.2, 0.25) is 0 Å². The number of benzene rings is 4. The molecule has 1 atom stereocenters. The Morgan fingerprint density at radius 2 is 1.63 bits per heavy atom. The molecule has 1 amide bonds. The van der Waals surface area contributed by atoms with Crippen LogP contribution < -0.4 is 15.4 Å². The highest BCUT2D eigenvalue weighted by Crippen LogP contribution is 2.37. The quantitative estimate of drug-likeness (QED) is 0.166. The first-order valence-electron chi connectivity index (χ1n) is 14.3. The molecule has 5 aromatic rings. The van der Waals surface area contributed by atoms with Crippen LogP contribution in [-0.2, 0) is 17.0 Å². The van der Waals surface area contributed by atoms with Gasteiger partial charge in [-0.3, -0.25) is 4.79 Å². The number of hydrogen-bond donors (Lipinski definition) is 2. The van der Waals surface area contributed by atoms with Crippen molar-refractivity contribution in [2.24, 2.45) is 0 Å². The number of fused-ring (bicyclic) bond motifs is 1. The first-order chi connectivity index (χ1) is 21.0. The summed E-state index contributed by atoms with van der Waals surface area (Å²) >= 11 is 1.57. The van der Waals surface area contributed by atoms with E-state index in [0.29, 0.717) is 23.3 Å². The van der Waals surface area contributed by atoms with Crippen molar-refractivity contribution in [3.8, 4) is 5.75 Å². The van der Waals surface area contributed by atoms with Crippen molar-refractivity contribution < 1.29 is 9.53 Å². The van der Waals surface area contributed by atoms with Gasteiger partial charge in [-0.1, -0.05) is 96.7 Å². The van der Waals surface area contributed by atoms with E-state index in [-0.39, 0.29) is 5.91 Å². The number of carbonyl (C=O) groups is 1. The molecule has 8 heteroatoms. The molecule has 0 spiro atoms. The zero-order chi connectivity index (χ0) is 29.6. The lowest BCUT2D eigenvalue weighted by atomic mass is 9.95. The van der Waals surface area contributed by atoms with Crippen molar-refractivity contribution in [3.63, 3.8) is 0 Å². The highest BCUT2D eigenvalue weighted by molar-refractivity contribution is 7.98. The highest BCUT2D eigenvalue weighted by Gasteiger charge is 2.34. The number of carbonyl (C=O) groups excluding carboxylic acids is 1. The number of anilines is 2. The van der Waals surface area contributed by atoms with Gasteiger partial charge in [-0.25, -0.2) is 4.68 Å². The Morgan fingerprint density at radius 1 is 0.907 bits per heavy atom. The molecule has 2 heterocycles. The van der Waals surface area contributed by atoms with Crippen LogP contribution in [-0.4, -0.2) is 27.3 Å². The summed E-state index contributed by atoms with van der Waals surface area (Å²) in [5.41, 5.74) is 6.47. The third-order valence-electron chi connectivity index (χ3n) is 7.26. The van der Waals surface area contributed by atoms with E-state index in [2.05, 4.69) is 34.9 Å². The Morgan fingerprint density at radius 3 is 2.35 bits per heavy atom. The Bertz CT molecular complexity index is 1730. The summed E-state index contributed by atoms with van der Waals surface area (Å²) in [7, 11) is 0. The summed E-state index contributed by atoms with van der Waals surface area (Å²) in [6, 6.07) is 35.8. The third kappa shape index (κ3) is 6.81. The lowest BCUT2D eigenvalue weighted by Crippen LogP contribution is -2.31. The van der Waals surface area contributed by atoms with E-state index < -0.39 is 6.04 Å². The van der Waals surface area contributed by atoms with Crippen LogP contribution in [0, 0.1) is 6.92 Å². The standard InChI is InChI=1S/C35H33N5O2S/c1-24-10-9-15-29(22-24)37-33(41)31-25(2)36-34-38-35(43-23-27-13-7-4-8-14-27)39-40(34)32(31)28-16-18-30(19-17-28)42-21-20-26-11-5-3-6-12-26/h3-19,22,32H,20-21,23H2,1-2H3,(H,37,41)(H,36,38,39). The van der Waals surface area contributed by atoms with Crippen LogP contribution in [0.25, 0.3) is 0 Å². The molecule has 4 aromatic carbocycles. The van der Waals surface area contributed by atoms with E-state index >= 15 is 0 Å². The molecule has 43 heavy (non-hydrogen) atoms. The molecule has 0 bridgehead atoms. The predicted octanol–water partition coefficient (Wildman–Crippen LogP) is 7.43. The molecule has 0 radical (unpaired) electrons. The number of allylic oxidation sites excluding steroid dienone is 1. The fourth-order valence-corrected chi connectivity index (χ4v) is 5.90. The summed E-state index contributed by atoms with van der Waals surface area (Å²) in [4.78, 5) is 18.6. The van der Waals surface area contributed by atoms with Crippen LogP contribution >= 0.6 is 11.8 Å². The van der Waals surface area contributed by atoms with Crippen LogP contribution in [0.5, 0.6) is 5.75 Å². The number of amides is 1. The van der Waals surface area contributed by atoms with Gasteiger partial charge in [0.1, 0.15) is 11.8 Å². The van der Waals surface area contributed by atoms with Gasteiger partial charge in [0.25, 0.3) is 5.91 Å². The Kier molecular flexibility index (Phi) is 8.56. The van der Waals surface area contributed by atoms with Crippen LogP contribution in [0.15, 0.2) is 126 Å². The Labute approximate surface area is 256 Å². The zero-order valence-electron chi connectivity index (χ0n) is 24.2. The molecule has 2 N–H and O–H groups in total. The summed E-state index contributed by atoms with van der Waals surface area (Å²) in [6.07, 6.45) is 0.827. The summed E-state index contributed by atoms with van der Waals surface area (Å²) in [6.45, 7) is 4.49. The average Bonchev–Trinajstić information content (AvgIpc) is 3.43. The molecular weight excluding hydrogens is 554 g/mol. The number of thioether (sulfide) groups is 1. The average molecular weight is 588 g/mol. The lowest BCUT2D eigenvalue weighted by Gasteiger charge is -2.28. The van der Waals surface area contributed by atoms with Gasteiger partial charge in [0.15, 0.2) is 0 Å². The van der Waals surface area contributed by atoms with E-state index in [4.69, 9.17) is 14.8 Å². The maximum absolute atomic E-state index is 13.8. The number of aryl methyl sites for hydroxylation is 1. The van der Waals surface area contributed by atoms with Crippen LogP contribution in [0.3, 0.4) is 0 Å². The molecule has 216 valence electrons. The van der Waals surface area contributed by atoms with E-state index in [1.54, 1.807) is 11.8 Å². The van der Waals surface area contributed by atoms with Gasteiger partial charge < -0.3 is 15.4 Å². The number of nitrogens with zero attached hydrogens (tertiary/aromatic N) is 3. The van der Waals surface area contributed by atoms with Crippen molar-refractivity contribution in [2.75, 3.05) is 17.2 Å². The molecule has 6 rings (SSSR count). The van der Waals surface area contributed by atoms with Gasteiger partial charge in [-0.05, 0) is 60.4 Å². The number of aromatic nitrogens is 3. The minimum atomic E-state index is -0.474. The molecule has 0 fully saturated rings. The van der Waals surface area contributed by atoms with E-state index in [1.807, 2.05) is 103 Å². The molecule has 7 nitrogen and oxygen atoms in total. The van der Waals surface area contributed by atoms with Gasteiger partial charge in [-0.2, -0.15) is 4.98 Å². The second-order valence-electron chi connectivity index (χ2n) is 10.5. The molecule has 0 saturated heterocycles. The van der Waals surface area contributed by atoms with Crippen molar-refractivity contribution in [2.45, 2.75) is 37.2 Å². The smallest absolute Gasteiger partial charge is 0.255 e. The topological polar surface area (TPSA) is 81.1 Å². The molecule has 0 saturated carbocycles. The number of ether oxygens (including phenoxy) is 1. The minimum absolute atomic E-state index is 0.191. The maximum atomic E-state index is 13.8. The van der Waals surface area contributed by atoms with Crippen molar-refractivity contribution in [1.29, 1.82) is 0 Å². The largest absolute Gasteiger partial charge is 0.493 e. The van der Waals surface area contributed by atoms with E-state index in [1.165, 1.54) is 11.1 Å². The number of hydrogen-bond acceptors (Lipinski definition) is 6. The summed E-state index contributed by atoms with van der Waals surface area (Å²) < 4.78 is 7.86. The molecule has 1 aliphatic rings. The molecule has 0 aliphatic carbocycles. The number of rotatable bonds is 10.